The highest BCUT2D eigenvalue weighted by molar-refractivity contribution is 5.83. The summed E-state index contributed by atoms with van der Waals surface area (Å²) in [6.07, 6.45) is 2.08. The van der Waals surface area contributed by atoms with Gasteiger partial charge in [0.1, 0.15) is 6.04 Å². The number of carbonyl (C=O) groups excluding carboxylic acids is 2. The first-order valence-electron chi connectivity index (χ1n) is 7.50. The second-order valence-corrected chi connectivity index (χ2v) is 5.41. The highest BCUT2D eigenvalue weighted by Gasteiger charge is 2.27. The van der Waals surface area contributed by atoms with E-state index in [2.05, 4.69) is 5.32 Å². The minimum absolute atomic E-state index is 0.0403. The molecular formula is C16H23N3O2. The number of hydrogen-bond donors (Lipinski definition) is 2. The Balaban J connectivity index is 1.87. The van der Waals surface area contributed by atoms with Crippen LogP contribution in [0.3, 0.4) is 0 Å². The molecule has 0 unspecified atom stereocenters. The standard InChI is InChI=1S/C16H23N3O2/c1-2-14(20)18-13-8-10-19(11-9-13)16(21)15(17)12-6-4-3-5-7-12/h3-7,13,15H,2,8-11,17H2,1H3,(H,18,20)/t15-/m0/s1. The van der Waals surface area contributed by atoms with Crippen molar-refractivity contribution in [2.45, 2.75) is 38.3 Å². The molecule has 1 atom stereocenters. The van der Waals surface area contributed by atoms with E-state index in [0.29, 0.717) is 19.5 Å². The van der Waals surface area contributed by atoms with E-state index in [1.165, 1.54) is 0 Å². The van der Waals surface area contributed by atoms with Crippen LogP contribution in [0.5, 0.6) is 0 Å². The summed E-state index contributed by atoms with van der Waals surface area (Å²) < 4.78 is 0. The highest BCUT2D eigenvalue weighted by atomic mass is 16.2. The van der Waals surface area contributed by atoms with Gasteiger partial charge in [0.05, 0.1) is 0 Å². The SMILES string of the molecule is CCC(=O)NC1CCN(C(=O)[C@@H](N)c2ccccc2)CC1. The number of benzene rings is 1. The number of nitrogens with one attached hydrogen (secondary N) is 1. The first kappa shape index (κ1) is 15.5. The Bertz CT molecular complexity index is 482. The Labute approximate surface area is 125 Å². The summed E-state index contributed by atoms with van der Waals surface area (Å²) in [6, 6.07) is 8.99. The summed E-state index contributed by atoms with van der Waals surface area (Å²) in [6.45, 7) is 3.13. The van der Waals surface area contributed by atoms with Crippen LogP contribution >= 0.6 is 0 Å². The molecule has 0 spiro atoms. The van der Waals surface area contributed by atoms with E-state index < -0.39 is 6.04 Å². The van der Waals surface area contributed by atoms with E-state index in [-0.39, 0.29) is 17.9 Å². The largest absolute Gasteiger partial charge is 0.353 e. The monoisotopic (exact) mass is 289 g/mol. The Morgan fingerprint density at radius 3 is 2.48 bits per heavy atom. The molecule has 1 aliphatic heterocycles. The molecule has 3 N–H and O–H groups in total. The van der Waals surface area contributed by atoms with Gasteiger partial charge in [-0.3, -0.25) is 9.59 Å². The molecule has 0 saturated carbocycles. The lowest BCUT2D eigenvalue weighted by molar-refractivity contribution is -0.134. The maximum absolute atomic E-state index is 12.4. The molecule has 1 aliphatic rings. The third-order valence-corrected chi connectivity index (χ3v) is 3.92. The molecule has 1 aromatic rings. The lowest BCUT2D eigenvalue weighted by Gasteiger charge is -2.33. The summed E-state index contributed by atoms with van der Waals surface area (Å²) in [7, 11) is 0. The number of rotatable bonds is 4. The molecule has 0 aliphatic carbocycles. The van der Waals surface area contributed by atoms with Gasteiger partial charge in [-0.05, 0) is 18.4 Å². The predicted octanol–water partition coefficient (Wildman–Crippen LogP) is 1.20. The first-order valence-corrected chi connectivity index (χ1v) is 7.50. The second-order valence-electron chi connectivity index (χ2n) is 5.41. The van der Waals surface area contributed by atoms with Crippen molar-refractivity contribution < 1.29 is 9.59 Å². The maximum atomic E-state index is 12.4. The summed E-state index contributed by atoms with van der Waals surface area (Å²) in [5.41, 5.74) is 6.88. The Morgan fingerprint density at radius 2 is 1.90 bits per heavy atom. The lowest BCUT2D eigenvalue weighted by Crippen LogP contribution is -2.48. The molecule has 0 bridgehead atoms. The van der Waals surface area contributed by atoms with Crippen LogP contribution in [0, 0.1) is 0 Å². The van der Waals surface area contributed by atoms with Crippen LogP contribution in [0.1, 0.15) is 37.8 Å². The maximum Gasteiger partial charge on any atom is 0.244 e. The fourth-order valence-electron chi connectivity index (χ4n) is 2.57. The quantitative estimate of drug-likeness (QED) is 0.874. The molecule has 5 heteroatoms. The summed E-state index contributed by atoms with van der Waals surface area (Å²) >= 11 is 0. The van der Waals surface area contributed by atoms with Crippen molar-refractivity contribution in [2.75, 3.05) is 13.1 Å². The lowest BCUT2D eigenvalue weighted by atomic mass is 10.0. The molecule has 1 saturated heterocycles. The van der Waals surface area contributed by atoms with Gasteiger partial charge in [-0.15, -0.1) is 0 Å². The topological polar surface area (TPSA) is 75.4 Å². The van der Waals surface area contributed by atoms with Crippen molar-refractivity contribution in [3.05, 3.63) is 35.9 Å². The van der Waals surface area contributed by atoms with Gasteiger partial charge in [0.25, 0.3) is 0 Å². The van der Waals surface area contributed by atoms with Crippen LogP contribution in [-0.2, 0) is 9.59 Å². The van der Waals surface area contributed by atoms with Crippen LogP contribution in [0.25, 0.3) is 0 Å². The zero-order chi connectivity index (χ0) is 15.2. The smallest absolute Gasteiger partial charge is 0.244 e. The fraction of sp³-hybridized carbons (Fsp3) is 0.500. The van der Waals surface area contributed by atoms with Gasteiger partial charge < -0.3 is 16.0 Å². The van der Waals surface area contributed by atoms with E-state index in [4.69, 9.17) is 5.73 Å². The Morgan fingerprint density at radius 1 is 1.29 bits per heavy atom. The van der Waals surface area contributed by atoms with Gasteiger partial charge in [-0.2, -0.15) is 0 Å². The normalized spacial score (nSPS) is 17.3. The van der Waals surface area contributed by atoms with E-state index in [0.717, 1.165) is 18.4 Å². The number of carbonyl (C=O) groups is 2. The first-order chi connectivity index (χ1) is 10.1. The van der Waals surface area contributed by atoms with Crippen molar-refractivity contribution in [1.82, 2.24) is 10.2 Å². The van der Waals surface area contributed by atoms with Crippen LogP contribution in [-0.4, -0.2) is 35.8 Å². The summed E-state index contributed by atoms with van der Waals surface area (Å²) in [4.78, 5) is 25.6. The van der Waals surface area contributed by atoms with Gasteiger partial charge in [0, 0.05) is 25.6 Å². The third-order valence-electron chi connectivity index (χ3n) is 3.92. The van der Waals surface area contributed by atoms with Crippen LogP contribution < -0.4 is 11.1 Å². The van der Waals surface area contributed by atoms with Gasteiger partial charge in [-0.25, -0.2) is 0 Å². The molecular weight excluding hydrogens is 266 g/mol. The molecule has 21 heavy (non-hydrogen) atoms. The number of hydrogen-bond acceptors (Lipinski definition) is 3. The average molecular weight is 289 g/mol. The molecule has 2 amide bonds. The second kappa shape index (κ2) is 7.22. The van der Waals surface area contributed by atoms with E-state index in [1.807, 2.05) is 37.3 Å². The van der Waals surface area contributed by atoms with Crippen LogP contribution in [0.2, 0.25) is 0 Å². The van der Waals surface area contributed by atoms with E-state index >= 15 is 0 Å². The van der Waals surface area contributed by atoms with Crippen molar-refractivity contribution >= 4 is 11.8 Å². The summed E-state index contributed by atoms with van der Waals surface area (Å²) in [5.74, 6) is 0.0298. The van der Waals surface area contributed by atoms with Gasteiger partial charge in [-0.1, -0.05) is 37.3 Å². The number of nitrogens with zero attached hydrogens (tertiary/aromatic N) is 1. The molecule has 0 radical (unpaired) electrons. The van der Waals surface area contributed by atoms with Crippen LogP contribution in [0.4, 0.5) is 0 Å². The molecule has 114 valence electrons. The van der Waals surface area contributed by atoms with Gasteiger partial charge in [0.2, 0.25) is 11.8 Å². The average Bonchev–Trinajstić information content (AvgIpc) is 2.55. The predicted molar refractivity (Wildman–Crippen MR) is 81.4 cm³/mol. The Hall–Kier alpha value is -1.88. The van der Waals surface area contributed by atoms with Crippen LogP contribution in [0.15, 0.2) is 30.3 Å². The number of likely N-dealkylation sites (tertiary alicyclic amines) is 1. The van der Waals surface area contributed by atoms with Gasteiger partial charge >= 0.3 is 0 Å². The molecule has 1 heterocycles. The van der Waals surface area contributed by atoms with Gasteiger partial charge in [0.15, 0.2) is 0 Å². The molecule has 1 fully saturated rings. The van der Waals surface area contributed by atoms with E-state index in [9.17, 15) is 9.59 Å². The molecule has 1 aromatic carbocycles. The van der Waals surface area contributed by atoms with Crippen molar-refractivity contribution in [1.29, 1.82) is 0 Å². The van der Waals surface area contributed by atoms with Crippen molar-refractivity contribution in [2.24, 2.45) is 5.73 Å². The van der Waals surface area contributed by atoms with Crippen molar-refractivity contribution in [3.63, 3.8) is 0 Å². The van der Waals surface area contributed by atoms with Crippen molar-refractivity contribution in [3.8, 4) is 0 Å². The highest BCUT2D eigenvalue weighted by Crippen LogP contribution is 2.17. The van der Waals surface area contributed by atoms with E-state index in [1.54, 1.807) is 4.90 Å². The third kappa shape index (κ3) is 4.04. The number of piperidine rings is 1. The zero-order valence-electron chi connectivity index (χ0n) is 12.4. The number of amides is 2. The Kier molecular flexibility index (Phi) is 5.33. The fourth-order valence-corrected chi connectivity index (χ4v) is 2.57. The summed E-state index contributed by atoms with van der Waals surface area (Å²) in [5, 5.41) is 2.98. The zero-order valence-corrected chi connectivity index (χ0v) is 12.4. The minimum Gasteiger partial charge on any atom is -0.353 e. The minimum atomic E-state index is -0.604. The molecule has 5 nitrogen and oxygen atoms in total. The molecule has 2 rings (SSSR count). The molecule has 0 aromatic heterocycles. The number of nitrogens with two attached hydrogens (primary N) is 1.